The number of esters is 1. The van der Waals surface area contributed by atoms with Crippen molar-refractivity contribution in [2.24, 2.45) is 0 Å². The van der Waals surface area contributed by atoms with Gasteiger partial charge in [0.25, 0.3) is 0 Å². The summed E-state index contributed by atoms with van der Waals surface area (Å²) in [6, 6.07) is 13.6. The molecular formula is C22H21N3O3S. The first kappa shape index (κ1) is 19.1. The molecule has 4 rings (SSSR count). The molecule has 4 aromatic rings. The number of hydrogen-bond donors (Lipinski definition) is 0. The number of carbonyl (C=O) groups excluding carboxylic acids is 1. The van der Waals surface area contributed by atoms with Crippen molar-refractivity contribution >= 4 is 28.2 Å². The van der Waals surface area contributed by atoms with Gasteiger partial charge in [-0.2, -0.15) is 5.10 Å². The number of carbonyl (C=O) groups is 1. The number of hydrogen-bond acceptors (Lipinski definition) is 6. The SMILES string of the molecule is CCn1cc2cc(COC(=O)Cc3cnc(-c4ccccc4OC)s3)ccc2n1. The zero-order valence-corrected chi connectivity index (χ0v) is 17.1. The summed E-state index contributed by atoms with van der Waals surface area (Å²) in [4.78, 5) is 17.6. The number of para-hydroxylation sites is 1. The summed E-state index contributed by atoms with van der Waals surface area (Å²) in [5.74, 6) is 0.488. The van der Waals surface area contributed by atoms with Gasteiger partial charge in [-0.15, -0.1) is 11.3 Å². The highest BCUT2D eigenvalue weighted by Gasteiger charge is 2.13. The number of thiazole rings is 1. The summed E-state index contributed by atoms with van der Waals surface area (Å²) in [5, 5.41) is 6.33. The zero-order valence-electron chi connectivity index (χ0n) is 16.3. The lowest BCUT2D eigenvalue weighted by atomic mass is 10.2. The van der Waals surface area contributed by atoms with Crippen LogP contribution in [0.4, 0.5) is 0 Å². The Labute approximate surface area is 172 Å². The summed E-state index contributed by atoms with van der Waals surface area (Å²) >= 11 is 1.47. The molecule has 0 saturated carbocycles. The highest BCUT2D eigenvalue weighted by Crippen LogP contribution is 2.32. The third-order valence-electron chi connectivity index (χ3n) is 4.55. The molecule has 0 amide bonds. The van der Waals surface area contributed by atoms with Crippen LogP contribution in [0.2, 0.25) is 0 Å². The molecule has 0 N–H and O–H groups in total. The molecule has 148 valence electrons. The van der Waals surface area contributed by atoms with Crippen LogP contribution in [-0.2, 0) is 29.1 Å². The topological polar surface area (TPSA) is 66.2 Å². The molecule has 0 atom stereocenters. The van der Waals surface area contributed by atoms with E-state index in [-0.39, 0.29) is 19.0 Å². The Bertz CT molecular complexity index is 1150. The van der Waals surface area contributed by atoms with Crippen LogP contribution in [0.15, 0.2) is 54.9 Å². The van der Waals surface area contributed by atoms with E-state index in [1.165, 1.54) is 11.3 Å². The van der Waals surface area contributed by atoms with E-state index in [2.05, 4.69) is 10.1 Å². The summed E-state index contributed by atoms with van der Waals surface area (Å²) in [7, 11) is 1.63. The van der Waals surface area contributed by atoms with Crippen LogP contribution in [0.3, 0.4) is 0 Å². The van der Waals surface area contributed by atoms with Gasteiger partial charge in [-0.1, -0.05) is 18.2 Å². The van der Waals surface area contributed by atoms with Gasteiger partial charge in [0.1, 0.15) is 17.4 Å². The van der Waals surface area contributed by atoms with Crippen LogP contribution in [0.1, 0.15) is 17.4 Å². The molecule has 0 bridgehead atoms. The summed E-state index contributed by atoms with van der Waals surface area (Å²) < 4.78 is 12.7. The van der Waals surface area contributed by atoms with E-state index in [0.29, 0.717) is 0 Å². The minimum atomic E-state index is -0.274. The monoisotopic (exact) mass is 407 g/mol. The number of rotatable bonds is 7. The van der Waals surface area contributed by atoms with E-state index >= 15 is 0 Å². The molecular weight excluding hydrogens is 386 g/mol. The number of methoxy groups -OCH3 is 1. The smallest absolute Gasteiger partial charge is 0.311 e. The van der Waals surface area contributed by atoms with Crippen LogP contribution < -0.4 is 4.74 Å². The number of aromatic nitrogens is 3. The van der Waals surface area contributed by atoms with Crippen molar-refractivity contribution in [2.45, 2.75) is 26.5 Å². The third kappa shape index (κ3) is 4.30. The summed E-state index contributed by atoms with van der Waals surface area (Å²) in [6.45, 7) is 3.11. The second-order valence-corrected chi connectivity index (χ2v) is 7.66. The summed E-state index contributed by atoms with van der Waals surface area (Å²) in [5.41, 5.74) is 2.80. The predicted molar refractivity (Wildman–Crippen MR) is 113 cm³/mol. The minimum absolute atomic E-state index is 0.197. The number of aryl methyl sites for hydroxylation is 1. The molecule has 29 heavy (non-hydrogen) atoms. The Morgan fingerprint density at radius 2 is 2.07 bits per heavy atom. The molecule has 0 aliphatic carbocycles. The van der Waals surface area contributed by atoms with E-state index in [1.54, 1.807) is 13.3 Å². The molecule has 0 unspecified atom stereocenters. The maximum Gasteiger partial charge on any atom is 0.311 e. The molecule has 2 aromatic heterocycles. The van der Waals surface area contributed by atoms with Crippen molar-refractivity contribution in [1.29, 1.82) is 0 Å². The molecule has 2 heterocycles. The van der Waals surface area contributed by atoms with E-state index < -0.39 is 0 Å². The van der Waals surface area contributed by atoms with E-state index in [4.69, 9.17) is 9.47 Å². The molecule has 0 spiro atoms. The van der Waals surface area contributed by atoms with Gasteiger partial charge in [0, 0.05) is 29.2 Å². The molecule has 0 saturated heterocycles. The largest absolute Gasteiger partial charge is 0.496 e. The minimum Gasteiger partial charge on any atom is -0.496 e. The fourth-order valence-electron chi connectivity index (χ4n) is 3.07. The number of ether oxygens (including phenoxy) is 2. The quantitative estimate of drug-likeness (QED) is 0.423. The van der Waals surface area contributed by atoms with Crippen LogP contribution in [-0.4, -0.2) is 27.8 Å². The van der Waals surface area contributed by atoms with Crippen LogP contribution in [0, 0.1) is 0 Å². The van der Waals surface area contributed by atoms with Gasteiger partial charge in [-0.3, -0.25) is 9.48 Å². The highest BCUT2D eigenvalue weighted by atomic mass is 32.1. The average molecular weight is 407 g/mol. The van der Waals surface area contributed by atoms with Gasteiger partial charge < -0.3 is 9.47 Å². The normalized spacial score (nSPS) is 11.0. The first-order valence-corrected chi connectivity index (χ1v) is 10.2. The van der Waals surface area contributed by atoms with Crippen LogP contribution in [0.25, 0.3) is 21.5 Å². The molecule has 0 aliphatic rings. The van der Waals surface area contributed by atoms with Crippen molar-refractivity contribution in [2.75, 3.05) is 7.11 Å². The van der Waals surface area contributed by atoms with Crippen molar-refractivity contribution in [3.8, 4) is 16.3 Å². The van der Waals surface area contributed by atoms with Crippen molar-refractivity contribution < 1.29 is 14.3 Å². The van der Waals surface area contributed by atoms with Crippen molar-refractivity contribution in [1.82, 2.24) is 14.8 Å². The van der Waals surface area contributed by atoms with Crippen molar-refractivity contribution in [3.05, 3.63) is 65.3 Å². The second-order valence-electron chi connectivity index (χ2n) is 6.55. The zero-order chi connectivity index (χ0) is 20.2. The molecule has 6 nitrogen and oxygen atoms in total. The van der Waals surface area contributed by atoms with Gasteiger partial charge in [0.05, 0.1) is 24.6 Å². The van der Waals surface area contributed by atoms with E-state index in [9.17, 15) is 4.79 Å². The summed E-state index contributed by atoms with van der Waals surface area (Å²) in [6.07, 6.45) is 3.92. The maximum atomic E-state index is 12.3. The second kappa shape index (κ2) is 8.45. The number of benzene rings is 2. The molecule has 0 fully saturated rings. The van der Waals surface area contributed by atoms with Crippen molar-refractivity contribution in [3.63, 3.8) is 0 Å². The van der Waals surface area contributed by atoms with E-state index in [0.717, 1.165) is 44.2 Å². The first-order valence-electron chi connectivity index (χ1n) is 9.36. The fraction of sp³-hybridized carbons (Fsp3) is 0.227. The Hall–Kier alpha value is -3.19. The standard InChI is InChI=1S/C22H21N3O3S/c1-3-25-13-16-10-15(8-9-19(16)24-25)14-28-21(26)11-17-12-23-22(29-17)18-6-4-5-7-20(18)27-2/h4-10,12-13H,3,11,14H2,1-2H3. The lowest BCUT2D eigenvalue weighted by Crippen LogP contribution is -2.07. The lowest BCUT2D eigenvalue weighted by molar-refractivity contribution is -0.144. The van der Waals surface area contributed by atoms with Gasteiger partial charge in [0.15, 0.2) is 0 Å². The number of nitrogens with zero attached hydrogens (tertiary/aromatic N) is 3. The highest BCUT2D eigenvalue weighted by molar-refractivity contribution is 7.15. The van der Waals surface area contributed by atoms with Gasteiger partial charge in [-0.25, -0.2) is 4.98 Å². The fourth-order valence-corrected chi connectivity index (χ4v) is 4.00. The van der Waals surface area contributed by atoms with E-state index in [1.807, 2.05) is 60.3 Å². The molecule has 2 aromatic carbocycles. The Morgan fingerprint density at radius 1 is 1.21 bits per heavy atom. The molecule has 0 radical (unpaired) electrons. The Kier molecular flexibility index (Phi) is 5.57. The Morgan fingerprint density at radius 3 is 2.90 bits per heavy atom. The molecule has 7 heteroatoms. The predicted octanol–water partition coefficient (Wildman–Crippen LogP) is 4.47. The van der Waals surface area contributed by atoms with Gasteiger partial charge >= 0.3 is 5.97 Å². The lowest BCUT2D eigenvalue weighted by Gasteiger charge is -2.05. The van der Waals surface area contributed by atoms with Gasteiger partial charge in [-0.05, 0) is 36.8 Å². The number of fused-ring (bicyclic) bond motifs is 1. The third-order valence-corrected chi connectivity index (χ3v) is 5.58. The Balaban J connectivity index is 1.38. The van der Waals surface area contributed by atoms with Crippen LogP contribution in [0.5, 0.6) is 5.75 Å². The molecule has 0 aliphatic heterocycles. The first-order chi connectivity index (χ1) is 14.2. The average Bonchev–Trinajstić information content (AvgIpc) is 3.38. The maximum absolute atomic E-state index is 12.3. The van der Waals surface area contributed by atoms with Crippen LogP contribution >= 0.6 is 11.3 Å². The van der Waals surface area contributed by atoms with Gasteiger partial charge in [0.2, 0.25) is 0 Å².